The van der Waals surface area contributed by atoms with Crippen molar-refractivity contribution in [3.05, 3.63) is 84.1 Å². The summed E-state index contributed by atoms with van der Waals surface area (Å²) in [4.78, 5) is 21.1. The summed E-state index contributed by atoms with van der Waals surface area (Å²) in [6.07, 6.45) is 2.03. The van der Waals surface area contributed by atoms with Crippen LogP contribution in [0.5, 0.6) is 5.75 Å². The summed E-state index contributed by atoms with van der Waals surface area (Å²) >= 11 is 0. The molecule has 0 spiro atoms. The Balaban J connectivity index is 1.42. The van der Waals surface area contributed by atoms with Crippen molar-refractivity contribution in [3.63, 3.8) is 0 Å². The number of ether oxygens (including phenoxy) is 2. The molecule has 0 aliphatic heterocycles. The molecule has 1 N–H and O–H groups in total. The molecular weight excluding hydrogens is 432 g/mol. The number of hydrogen-bond acceptors (Lipinski definition) is 6. The van der Waals surface area contributed by atoms with E-state index in [1.165, 1.54) is 0 Å². The number of aliphatic carboxylic acids is 1. The van der Waals surface area contributed by atoms with Crippen molar-refractivity contribution in [1.82, 2.24) is 4.98 Å². The van der Waals surface area contributed by atoms with Gasteiger partial charge in [0.2, 0.25) is 0 Å². The molecule has 1 unspecified atom stereocenters. The zero-order valence-corrected chi connectivity index (χ0v) is 19.5. The summed E-state index contributed by atoms with van der Waals surface area (Å²) < 4.78 is 11.1. The van der Waals surface area contributed by atoms with Crippen LogP contribution in [0.15, 0.2) is 78.1 Å². The van der Waals surface area contributed by atoms with Crippen LogP contribution in [-0.2, 0) is 20.8 Å². The van der Waals surface area contributed by atoms with Crippen LogP contribution in [0.25, 0.3) is 11.3 Å². The van der Waals surface area contributed by atoms with Gasteiger partial charge in [0.1, 0.15) is 12.4 Å². The van der Waals surface area contributed by atoms with E-state index < -0.39 is 12.1 Å². The molecule has 0 amide bonds. The minimum absolute atomic E-state index is 0.303. The largest absolute Gasteiger partial charge is 0.490 e. The lowest BCUT2D eigenvalue weighted by Crippen LogP contribution is -2.26. The lowest BCUT2D eigenvalue weighted by Gasteiger charge is -2.13. The van der Waals surface area contributed by atoms with Crippen LogP contribution in [0.2, 0.25) is 0 Å². The third kappa shape index (κ3) is 7.71. The molecule has 3 rings (SSSR count). The van der Waals surface area contributed by atoms with Crippen LogP contribution >= 0.6 is 0 Å². The van der Waals surface area contributed by atoms with Crippen molar-refractivity contribution < 1.29 is 24.2 Å². The summed E-state index contributed by atoms with van der Waals surface area (Å²) in [6.45, 7) is 4.91. The Morgan fingerprint density at radius 3 is 2.41 bits per heavy atom. The van der Waals surface area contributed by atoms with Gasteiger partial charge in [-0.2, -0.15) is 0 Å². The third-order valence-corrected chi connectivity index (χ3v) is 5.05. The van der Waals surface area contributed by atoms with E-state index in [9.17, 15) is 9.90 Å². The number of pyridine rings is 1. The van der Waals surface area contributed by atoms with E-state index in [1.54, 1.807) is 6.20 Å². The van der Waals surface area contributed by atoms with Crippen molar-refractivity contribution >= 4 is 11.7 Å². The van der Waals surface area contributed by atoms with E-state index in [1.807, 2.05) is 80.6 Å². The van der Waals surface area contributed by atoms with Crippen molar-refractivity contribution in [1.29, 1.82) is 0 Å². The Morgan fingerprint density at radius 2 is 1.76 bits per heavy atom. The Labute approximate surface area is 200 Å². The van der Waals surface area contributed by atoms with E-state index in [0.717, 1.165) is 34.5 Å². The molecule has 34 heavy (non-hydrogen) atoms. The first-order valence-corrected chi connectivity index (χ1v) is 11.3. The maximum Gasteiger partial charge on any atom is 0.333 e. The number of aromatic nitrogens is 1. The second-order valence-corrected chi connectivity index (χ2v) is 7.70. The van der Waals surface area contributed by atoms with Crippen LogP contribution in [0.4, 0.5) is 0 Å². The van der Waals surface area contributed by atoms with Crippen molar-refractivity contribution in [2.24, 2.45) is 5.16 Å². The number of oxime groups is 1. The molecule has 3 aromatic rings. The predicted octanol–water partition coefficient (Wildman–Crippen LogP) is 4.99. The van der Waals surface area contributed by atoms with Crippen molar-refractivity contribution in [2.75, 3.05) is 19.8 Å². The quantitative estimate of drug-likeness (QED) is 0.219. The highest BCUT2D eigenvalue weighted by Gasteiger charge is 2.18. The van der Waals surface area contributed by atoms with Gasteiger partial charge in [0.05, 0.1) is 11.4 Å². The molecule has 1 heterocycles. The second-order valence-electron chi connectivity index (χ2n) is 7.70. The van der Waals surface area contributed by atoms with Gasteiger partial charge < -0.3 is 19.4 Å². The van der Waals surface area contributed by atoms with Crippen LogP contribution in [0, 0.1) is 0 Å². The normalized spacial score (nSPS) is 12.2. The maximum atomic E-state index is 11.3. The zero-order valence-electron chi connectivity index (χ0n) is 19.5. The first-order valence-electron chi connectivity index (χ1n) is 11.3. The number of carboxylic acid groups (broad SMARTS) is 1. The van der Waals surface area contributed by atoms with E-state index in [-0.39, 0.29) is 0 Å². The van der Waals surface area contributed by atoms with Gasteiger partial charge in [-0.3, -0.25) is 4.98 Å². The standard InChI is InChI=1S/C27H30N2O5/c1-3-16-33-26(27(30)31)19-21-7-13-24(14-8-21)32-17-18-34-29-20(2)22-9-11-23(12-10-22)25-6-4-5-15-28-25/h4-15,26H,3,16-19H2,1-2H3,(H,30,31). The molecule has 0 fully saturated rings. The number of nitrogens with zero attached hydrogens (tertiary/aromatic N) is 2. The molecule has 0 aliphatic carbocycles. The molecule has 7 heteroatoms. The Morgan fingerprint density at radius 1 is 1.00 bits per heavy atom. The molecule has 0 aliphatic rings. The summed E-state index contributed by atoms with van der Waals surface area (Å²) in [7, 11) is 0. The zero-order chi connectivity index (χ0) is 24.2. The number of rotatable bonds is 13. The first kappa shape index (κ1) is 24.9. The maximum absolute atomic E-state index is 11.3. The molecule has 2 aromatic carbocycles. The van der Waals surface area contributed by atoms with Crippen molar-refractivity contribution in [3.8, 4) is 17.0 Å². The van der Waals surface area contributed by atoms with Gasteiger partial charge in [0.25, 0.3) is 0 Å². The number of benzene rings is 2. The summed E-state index contributed by atoms with van der Waals surface area (Å²) in [5, 5.41) is 13.4. The molecule has 0 bridgehead atoms. The molecule has 1 atom stereocenters. The van der Waals surface area contributed by atoms with Crippen molar-refractivity contribution in [2.45, 2.75) is 32.8 Å². The minimum atomic E-state index is -0.953. The number of hydrogen-bond donors (Lipinski definition) is 1. The lowest BCUT2D eigenvalue weighted by atomic mass is 10.1. The smallest absolute Gasteiger partial charge is 0.333 e. The summed E-state index contributed by atoms with van der Waals surface area (Å²) in [5.41, 5.74) is 4.59. The molecule has 0 saturated carbocycles. The first-order chi connectivity index (χ1) is 16.6. The number of carbonyl (C=O) groups is 1. The fraction of sp³-hybridized carbons (Fsp3) is 0.296. The second kappa shape index (κ2) is 13.1. The highest BCUT2D eigenvalue weighted by Crippen LogP contribution is 2.17. The number of carboxylic acids is 1. The van der Waals surface area contributed by atoms with Crippen LogP contribution < -0.4 is 4.74 Å². The van der Waals surface area contributed by atoms with Gasteiger partial charge >= 0.3 is 5.97 Å². The predicted molar refractivity (Wildman–Crippen MR) is 131 cm³/mol. The Kier molecular flexibility index (Phi) is 9.61. The molecule has 0 radical (unpaired) electrons. The fourth-order valence-corrected chi connectivity index (χ4v) is 3.22. The van der Waals surface area contributed by atoms with Gasteiger partial charge in [-0.25, -0.2) is 4.79 Å². The highest BCUT2D eigenvalue weighted by atomic mass is 16.6. The van der Waals surface area contributed by atoms with Gasteiger partial charge in [0, 0.05) is 24.8 Å². The summed E-state index contributed by atoms with van der Waals surface area (Å²) in [6, 6.07) is 21.2. The van der Waals surface area contributed by atoms with Gasteiger partial charge in [-0.15, -0.1) is 0 Å². The van der Waals surface area contributed by atoms with Gasteiger partial charge in [-0.05, 0) is 48.7 Å². The van der Waals surface area contributed by atoms with Crippen LogP contribution in [0.3, 0.4) is 0 Å². The van der Waals surface area contributed by atoms with Gasteiger partial charge in [0.15, 0.2) is 12.7 Å². The summed E-state index contributed by atoms with van der Waals surface area (Å²) in [5.74, 6) is -0.273. The monoisotopic (exact) mass is 462 g/mol. The molecule has 1 aromatic heterocycles. The SMILES string of the molecule is CCCOC(Cc1ccc(OCCON=C(C)c2ccc(-c3ccccn3)cc2)cc1)C(=O)O. The Hall–Kier alpha value is -3.71. The minimum Gasteiger partial charge on any atom is -0.490 e. The molecule has 0 saturated heterocycles. The van der Waals surface area contributed by atoms with E-state index >= 15 is 0 Å². The third-order valence-electron chi connectivity index (χ3n) is 5.05. The van der Waals surface area contributed by atoms with Gasteiger partial charge in [-0.1, -0.05) is 54.5 Å². The van der Waals surface area contributed by atoms with E-state index in [4.69, 9.17) is 14.3 Å². The van der Waals surface area contributed by atoms with E-state index in [0.29, 0.717) is 32.0 Å². The Bertz CT molecular complexity index is 1050. The topological polar surface area (TPSA) is 90.2 Å². The van der Waals surface area contributed by atoms with Crippen LogP contribution in [-0.4, -0.2) is 47.7 Å². The molecular formula is C27H30N2O5. The average molecular weight is 463 g/mol. The fourth-order valence-electron chi connectivity index (χ4n) is 3.22. The highest BCUT2D eigenvalue weighted by molar-refractivity contribution is 5.98. The molecule has 178 valence electrons. The van der Waals surface area contributed by atoms with Crippen LogP contribution in [0.1, 0.15) is 31.4 Å². The van der Waals surface area contributed by atoms with E-state index in [2.05, 4.69) is 10.1 Å². The average Bonchev–Trinajstić information content (AvgIpc) is 2.87. The lowest BCUT2D eigenvalue weighted by molar-refractivity contribution is -0.150. The molecule has 7 nitrogen and oxygen atoms in total.